The topological polar surface area (TPSA) is 62.1 Å². The number of carbonyl (C=O) groups is 1. The lowest BCUT2D eigenvalue weighted by molar-refractivity contribution is 0.0997. The lowest BCUT2D eigenvalue weighted by atomic mass is 10.2. The molecule has 0 saturated heterocycles. The first kappa shape index (κ1) is 19.6. The van der Waals surface area contributed by atoms with Crippen molar-refractivity contribution in [1.29, 1.82) is 0 Å². The molecule has 0 N–H and O–H groups in total. The van der Waals surface area contributed by atoms with Crippen molar-refractivity contribution in [3.63, 3.8) is 0 Å². The SMILES string of the molecule is COCCn1c(=NC(=O)c2ccc(Br)cc2)sc2cc(OC)c(OC)cc21. The van der Waals surface area contributed by atoms with E-state index in [1.54, 1.807) is 33.5 Å². The average molecular weight is 451 g/mol. The van der Waals surface area contributed by atoms with E-state index in [9.17, 15) is 4.79 Å². The minimum atomic E-state index is -0.292. The Labute approximate surface area is 169 Å². The minimum Gasteiger partial charge on any atom is -0.493 e. The maximum absolute atomic E-state index is 12.6. The van der Waals surface area contributed by atoms with Gasteiger partial charge in [-0.3, -0.25) is 4.79 Å². The molecule has 0 spiro atoms. The van der Waals surface area contributed by atoms with Gasteiger partial charge in [-0.15, -0.1) is 0 Å². The van der Waals surface area contributed by atoms with Crippen molar-refractivity contribution in [2.75, 3.05) is 27.9 Å². The predicted molar refractivity (Wildman–Crippen MR) is 109 cm³/mol. The van der Waals surface area contributed by atoms with Gasteiger partial charge in [0.1, 0.15) is 0 Å². The van der Waals surface area contributed by atoms with Crippen LogP contribution in [-0.4, -0.2) is 38.4 Å². The maximum Gasteiger partial charge on any atom is 0.279 e. The van der Waals surface area contributed by atoms with Crippen LogP contribution in [-0.2, 0) is 11.3 Å². The van der Waals surface area contributed by atoms with Gasteiger partial charge in [-0.2, -0.15) is 4.99 Å². The molecule has 0 unspecified atom stereocenters. The molecule has 0 radical (unpaired) electrons. The fraction of sp³-hybridized carbons (Fsp3) is 0.263. The van der Waals surface area contributed by atoms with Gasteiger partial charge in [-0.05, 0) is 24.3 Å². The summed E-state index contributed by atoms with van der Waals surface area (Å²) in [5.41, 5.74) is 1.45. The molecule has 0 fully saturated rings. The molecule has 0 aliphatic rings. The summed E-state index contributed by atoms with van der Waals surface area (Å²) in [7, 11) is 4.83. The first-order valence-corrected chi connectivity index (χ1v) is 9.77. The number of halogens is 1. The molecule has 0 bridgehead atoms. The Kier molecular flexibility index (Phi) is 6.30. The molecule has 3 aromatic rings. The lowest BCUT2D eigenvalue weighted by Gasteiger charge is -2.09. The van der Waals surface area contributed by atoms with Crippen molar-refractivity contribution in [2.45, 2.75) is 6.54 Å². The van der Waals surface area contributed by atoms with E-state index in [0.29, 0.717) is 35.0 Å². The van der Waals surface area contributed by atoms with Crippen LogP contribution in [0.25, 0.3) is 10.2 Å². The van der Waals surface area contributed by atoms with Crippen molar-refractivity contribution in [3.05, 3.63) is 51.2 Å². The highest BCUT2D eigenvalue weighted by Crippen LogP contribution is 2.33. The Morgan fingerprint density at radius 3 is 2.41 bits per heavy atom. The molecule has 142 valence electrons. The molecule has 8 heteroatoms. The molecule has 0 aliphatic carbocycles. The van der Waals surface area contributed by atoms with Crippen LogP contribution in [0.3, 0.4) is 0 Å². The van der Waals surface area contributed by atoms with Crippen molar-refractivity contribution < 1.29 is 19.0 Å². The highest BCUT2D eigenvalue weighted by molar-refractivity contribution is 9.10. The van der Waals surface area contributed by atoms with Crippen molar-refractivity contribution in [1.82, 2.24) is 4.57 Å². The number of hydrogen-bond donors (Lipinski definition) is 0. The van der Waals surface area contributed by atoms with Crippen LogP contribution in [0.5, 0.6) is 11.5 Å². The van der Waals surface area contributed by atoms with E-state index in [4.69, 9.17) is 14.2 Å². The lowest BCUT2D eigenvalue weighted by Crippen LogP contribution is -2.19. The second-order valence-electron chi connectivity index (χ2n) is 5.63. The molecular formula is C19H19BrN2O4S. The Balaban J connectivity index is 2.15. The summed E-state index contributed by atoms with van der Waals surface area (Å²) in [4.78, 5) is 17.6. The van der Waals surface area contributed by atoms with Crippen LogP contribution in [0.2, 0.25) is 0 Å². The molecule has 1 heterocycles. The molecule has 3 rings (SSSR count). The zero-order chi connectivity index (χ0) is 19.4. The van der Waals surface area contributed by atoms with Crippen molar-refractivity contribution in [2.24, 2.45) is 4.99 Å². The minimum absolute atomic E-state index is 0.292. The fourth-order valence-electron chi connectivity index (χ4n) is 2.62. The summed E-state index contributed by atoms with van der Waals surface area (Å²) in [5, 5.41) is 0. The van der Waals surface area contributed by atoms with E-state index >= 15 is 0 Å². The van der Waals surface area contributed by atoms with Crippen molar-refractivity contribution in [3.8, 4) is 11.5 Å². The summed E-state index contributed by atoms with van der Waals surface area (Å²) < 4.78 is 19.8. The second-order valence-corrected chi connectivity index (χ2v) is 7.55. The summed E-state index contributed by atoms with van der Waals surface area (Å²) in [6, 6.07) is 10.9. The zero-order valence-electron chi connectivity index (χ0n) is 15.2. The van der Waals surface area contributed by atoms with Crippen LogP contribution < -0.4 is 14.3 Å². The van der Waals surface area contributed by atoms with Crippen LogP contribution in [0, 0.1) is 0 Å². The number of carbonyl (C=O) groups excluding carboxylic acids is 1. The number of benzene rings is 2. The van der Waals surface area contributed by atoms with Crippen LogP contribution in [0.15, 0.2) is 45.9 Å². The maximum atomic E-state index is 12.6. The number of amides is 1. The predicted octanol–water partition coefficient (Wildman–Crippen LogP) is 3.87. The number of thiazole rings is 1. The number of fused-ring (bicyclic) bond motifs is 1. The third kappa shape index (κ3) is 4.23. The zero-order valence-corrected chi connectivity index (χ0v) is 17.6. The average Bonchev–Trinajstić information content (AvgIpc) is 3.01. The van der Waals surface area contributed by atoms with Gasteiger partial charge in [0.15, 0.2) is 16.3 Å². The number of hydrogen-bond acceptors (Lipinski definition) is 5. The fourth-order valence-corrected chi connectivity index (χ4v) is 3.95. The van der Waals surface area contributed by atoms with E-state index in [0.717, 1.165) is 14.7 Å². The van der Waals surface area contributed by atoms with Gasteiger partial charge >= 0.3 is 0 Å². The summed E-state index contributed by atoms with van der Waals surface area (Å²) >= 11 is 4.79. The number of ether oxygens (including phenoxy) is 3. The smallest absolute Gasteiger partial charge is 0.279 e. The van der Waals surface area contributed by atoms with Gasteiger partial charge in [0.25, 0.3) is 5.91 Å². The summed E-state index contributed by atoms with van der Waals surface area (Å²) in [6.07, 6.45) is 0. The first-order chi connectivity index (χ1) is 13.1. The summed E-state index contributed by atoms with van der Waals surface area (Å²) in [5.74, 6) is 0.967. The van der Waals surface area contributed by atoms with E-state index in [1.165, 1.54) is 11.3 Å². The van der Waals surface area contributed by atoms with Crippen LogP contribution in [0.4, 0.5) is 0 Å². The number of nitrogens with zero attached hydrogens (tertiary/aromatic N) is 2. The van der Waals surface area contributed by atoms with E-state index < -0.39 is 0 Å². The van der Waals surface area contributed by atoms with Gasteiger partial charge in [-0.1, -0.05) is 27.3 Å². The van der Waals surface area contributed by atoms with Gasteiger partial charge in [0.05, 0.1) is 31.0 Å². The molecule has 6 nitrogen and oxygen atoms in total. The van der Waals surface area contributed by atoms with E-state index in [1.807, 2.05) is 28.8 Å². The second kappa shape index (κ2) is 8.69. The normalized spacial score (nSPS) is 11.8. The highest BCUT2D eigenvalue weighted by atomic mass is 79.9. The van der Waals surface area contributed by atoms with Gasteiger partial charge in [0.2, 0.25) is 0 Å². The number of rotatable bonds is 6. The molecule has 2 aromatic carbocycles. The number of aromatic nitrogens is 1. The molecular weight excluding hydrogens is 432 g/mol. The third-order valence-corrected chi connectivity index (χ3v) is 5.57. The Hall–Kier alpha value is -2.16. The quantitative estimate of drug-likeness (QED) is 0.571. The molecule has 1 aromatic heterocycles. The van der Waals surface area contributed by atoms with Crippen LogP contribution >= 0.6 is 27.3 Å². The number of methoxy groups -OCH3 is 3. The first-order valence-electron chi connectivity index (χ1n) is 8.16. The standard InChI is InChI=1S/C19H19BrN2O4S/c1-24-9-8-22-14-10-15(25-2)16(26-3)11-17(14)27-19(22)21-18(23)12-4-6-13(20)7-5-12/h4-7,10-11H,8-9H2,1-3H3. The van der Waals surface area contributed by atoms with Crippen LogP contribution in [0.1, 0.15) is 10.4 Å². The largest absolute Gasteiger partial charge is 0.493 e. The monoisotopic (exact) mass is 450 g/mol. The summed E-state index contributed by atoms with van der Waals surface area (Å²) in [6.45, 7) is 1.07. The molecule has 0 saturated carbocycles. The van der Waals surface area contributed by atoms with E-state index in [2.05, 4.69) is 20.9 Å². The molecule has 1 amide bonds. The Morgan fingerprint density at radius 2 is 1.78 bits per heavy atom. The highest BCUT2D eigenvalue weighted by Gasteiger charge is 2.13. The molecule has 27 heavy (non-hydrogen) atoms. The van der Waals surface area contributed by atoms with Gasteiger partial charge < -0.3 is 18.8 Å². The van der Waals surface area contributed by atoms with Gasteiger partial charge in [-0.25, -0.2) is 0 Å². The molecule has 0 atom stereocenters. The Bertz CT molecular complexity index is 1020. The van der Waals surface area contributed by atoms with Gasteiger partial charge in [0, 0.05) is 35.8 Å². The molecule has 0 aliphatic heterocycles. The Morgan fingerprint density at radius 1 is 1.11 bits per heavy atom. The van der Waals surface area contributed by atoms with Crippen molar-refractivity contribution >= 4 is 43.4 Å². The van der Waals surface area contributed by atoms with E-state index in [-0.39, 0.29) is 5.91 Å². The third-order valence-electron chi connectivity index (χ3n) is 4.00.